The van der Waals surface area contributed by atoms with Gasteiger partial charge in [0, 0.05) is 38.1 Å². The number of piperazine rings is 1. The lowest BCUT2D eigenvalue weighted by Crippen LogP contribution is -2.49. The highest BCUT2D eigenvalue weighted by Crippen LogP contribution is 2.22. The molecule has 0 atom stereocenters. The van der Waals surface area contributed by atoms with E-state index in [1.165, 1.54) is 24.3 Å². The molecule has 30 heavy (non-hydrogen) atoms. The smallest absolute Gasteiger partial charge is 0.340 e. The minimum Gasteiger partial charge on any atom is -0.452 e. The second-order valence-electron chi connectivity index (χ2n) is 6.83. The van der Waals surface area contributed by atoms with Crippen molar-refractivity contribution < 1.29 is 27.1 Å². The Morgan fingerprint density at radius 2 is 1.70 bits per heavy atom. The number of hydrogen-bond acceptors (Lipinski definition) is 6. The molecule has 0 bridgehead atoms. The van der Waals surface area contributed by atoms with Crippen molar-refractivity contribution >= 4 is 39.0 Å². The maximum atomic E-state index is 13.0. The van der Waals surface area contributed by atoms with Gasteiger partial charge in [0.25, 0.3) is 5.91 Å². The predicted molar refractivity (Wildman–Crippen MR) is 110 cm³/mol. The first-order valence-electron chi connectivity index (χ1n) is 9.10. The minimum absolute atomic E-state index is 0.0350. The first kappa shape index (κ1) is 22.0. The Labute approximate surface area is 178 Å². The van der Waals surface area contributed by atoms with Crippen LogP contribution in [0.4, 0.5) is 10.1 Å². The summed E-state index contributed by atoms with van der Waals surface area (Å²) in [6, 6.07) is 9.86. The van der Waals surface area contributed by atoms with Crippen LogP contribution in [0.25, 0.3) is 0 Å². The summed E-state index contributed by atoms with van der Waals surface area (Å²) >= 11 is 5.97. The fourth-order valence-corrected chi connectivity index (χ4v) is 3.90. The number of halogens is 2. The Balaban J connectivity index is 1.55. The molecule has 2 aromatic rings. The monoisotopic (exact) mass is 454 g/mol. The number of hydrogen-bond donors (Lipinski definition) is 0. The summed E-state index contributed by atoms with van der Waals surface area (Å²) in [7, 11) is -3.52. The molecule has 160 valence electrons. The van der Waals surface area contributed by atoms with Gasteiger partial charge in [0.2, 0.25) is 0 Å². The molecule has 0 aliphatic carbocycles. The summed E-state index contributed by atoms with van der Waals surface area (Å²) in [5.41, 5.74) is 0.754. The van der Waals surface area contributed by atoms with Gasteiger partial charge in [-0.2, -0.15) is 0 Å². The zero-order valence-electron chi connectivity index (χ0n) is 16.2. The van der Waals surface area contributed by atoms with Gasteiger partial charge >= 0.3 is 5.97 Å². The van der Waals surface area contributed by atoms with Crippen LogP contribution in [0.15, 0.2) is 47.4 Å². The van der Waals surface area contributed by atoms with Gasteiger partial charge < -0.3 is 14.5 Å². The van der Waals surface area contributed by atoms with E-state index in [0.717, 1.165) is 18.0 Å². The van der Waals surface area contributed by atoms with Gasteiger partial charge in [0.1, 0.15) is 5.82 Å². The van der Waals surface area contributed by atoms with E-state index < -0.39 is 22.4 Å². The van der Waals surface area contributed by atoms with Gasteiger partial charge in [-0.25, -0.2) is 17.6 Å². The van der Waals surface area contributed by atoms with Crippen molar-refractivity contribution in [1.82, 2.24) is 4.90 Å². The van der Waals surface area contributed by atoms with Crippen molar-refractivity contribution in [3.8, 4) is 0 Å². The van der Waals surface area contributed by atoms with E-state index in [1.54, 1.807) is 17.0 Å². The normalized spacial score (nSPS) is 14.5. The van der Waals surface area contributed by atoms with Gasteiger partial charge in [0.05, 0.1) is 15.5 Å². The maximum Gasteiger partial charge on any atom is 0.340 e. The molecule has 1 aliphatic heterocycles. The largest absolute Gasteiger partial charge is 0.452 e. The molecule has 10 heteroatoms. The summed E-state index contributed by atoms with van der Waals surface area (Å²) in [5, 5.41) is 0.0350. The van der Waals surface area contributed by atoms with E-state index in [2.05, 4.69) is 0 Å². The molecule has 1 fully saturated rings. The van der Waals surface area contributed by atoms with Crippen LogP contribution >= 0.6 is 11.6 Å². The number of esters is 1. The Bertz CT molecular complexity index is 1050. The van der Waals surface area contributed by atoms with Gasteiger partial charge in [-0.15, -0.1) is 0 Å². The SMILES string of the molecule is CS(=O)(=O)c1ccc(Cl)c(C(=O)OCC(=O)N2CCN(c3ccc(F)cc3)CC2)c1. The van der Waals surface area contributed by atoms with Crippen LogP contribution in [0.1, 0.15) is 10.4 Å². The quantitative estimate of drug-likeness (QED) is 0.645. The third kappa shape index (κ3) is 5.28. The van der Waals surface area contributed by atoms with E-state index in [9.17, 15) is 22.4 Å². The summed E-state index contributed by atoms with van der Waals surface area (Å²) in [5.74, 6) is -1.54. The number of anilines is 1. The lowest BCUT2D eigenvalue weighted by Gasteiger charge is -2.36. The molecular formula is C20H20ClFN2O5S. The predicted octanol–water partition coefficient (Wildman–Crippen LogP) is 2.39. The fourth-order valence-electron chi connectivity index (χ4n) is 3.05. The molecule has 0 spiro atoms. The van der Waals surface area contributed by atoms with Crippen LogP contribution in [0.5, 0.6) is 0 Å². The van der Waals surface area contributed by atoms with Crippen LogP contribution in [-0.2, 0) is 19.4 Å². The van der Waals surface area contributed by atoms with Crippen LogP contribution in [0.2, 0.25) is 5.02 Å². The molecule has 1 saturated heterocycles. The van der Waals surface area contributed by atoms with Crippen molar-refractivity contribution in [1.29, 1.82) is 0 Å². The Hall–Kier alpha value is -2.65. The Kier molecular flexibility index (Phi) is 6.62. The standard InChI is InChI=1S/C20H20ClFN2O5S/c1-30(27,28)16-6-7-18(21)17(12-16)20(26)29-13-19(25)24-10-8-23(9-11-24)15-4-2-14(22)3-5-15/h2-7,12H,8-11,13H2,1H3. The fraction of sp³-hybridized carbons (Fsp3) is 0.300. The maximum absolute atomic E-state index is 13.0. The molecular weight excluding hydrogens is 435 g/mol. The molecule has 2 aromatic carbocycles. The van der Waals surface area contributed by atoms with E-state index in [0.29, 0.717) is 26.2 Å². The Morgan fingerprint density at radius 1 is 1.07 bits per heavy atom. The highest BCUT2D eigenvalue weighted by atomic mass is 35.5. The van der Waals surface area contributed by atoms with Gasteiger partial charge in [-0.05, 0) is 42.5 Å². The van der Waals surface area contributed by atoms with Crippen molar-refractivity contribution in [3.05, 3.63) is 58.9 Å². The number of nitrogens with zero attached hydrogens (tertiary/aromatic N) is 2. The number of ether oxygens (including phenoxy) is 1. The second kappa shape index (κ2) is 9.01. The summed E-state index contributed by atoms with van der Waals surface area (Å²) in [6.45, 7) is 1.51. The summed E-state index contributed by atoms with van der Waals surface area (Å²) in [4.78, 5) is 28.2. The highest BCUT2D eigenvalue weighted by molar-refractivity contribution is 7.90. The van der Waals surface area contributed by atoms with Gasteiger partial charge in [-0.3, -0.25) is 4.79 Å². The van der Waals surface area contributed by atoms with Gasteiger partial charge in [-0.1, -0.05) is 11.6 Å². The molecule has 0 unspecified atom stereocenters. The van der Waals surface area contributed by atoms with Crippen LogP contribution in [0.3, 0.4) is 0 Å². The molecule has 7 nitrogen and oxygen atoms in total. The molecule has 0 N–H and O–H groups in total. The topological polar surface area (TPSA) is 84.0 Å². The number of carbonyl (C=O) groups excluding carboxylic acids is 2. The highest BCUT2D eigenvalue weighted by Gasteiger charge is 2.23. The third-order valence-corrected chi connectivity index (χ3v) is 6.18. The lowest BCUT2D eigenvalue weighted by molar-refractivity contribution is -0.134. The summed E-state index contributed by atoms with van der Waals surface area (Å²) in [6.07, 6.45) is 1.01. The first-order valence-corrected chi connectivity index (χ1v) is 11.4. The average Bonchev–Trinajstić information content (AvgIpc) is 2.72. The molecule has 0 saturated carbocycles. The molecule has 0 aromatic heterocycles. The zero-order valence-corrected chi connectivity index (χ0v) is 17.7. The van der Waals surface area contributed by atoms with Crippen LogP contribution in [0, 0.1) is 5.82 Å². The van der Waals surface area contributed by atoms with Gasteiger partial charge in [0.15, 0.2) is 16.4 Å². The van der Waals surface area contributed by atoms with Crippen molar-refractivity contribution in [2.75, 3.05) is 43.9 Å². The molecule has 1 aliphatic rings. The molecule has 1 amide bonds. The van der Waals surface area contributed by atoms with E-state index in [4.69, 9.17) is 16.3 Å². The molecule has 1 heterocycles. The molecule has 0 radical (unpaired) electrons. The number of carbonyl (C=O) groups is 2. The minimum atomic E-state index is -3.52. The molecule has 3 rings (SSSR count). The van der Waals surface area contributed by atoms with Crippen LogP contribution < -0.4 is 4.90 Å². The first-order chi connectivity index (χ1) is 14.1. The Morgan fingerprint density at radius 3 is 2.30 bits per heavy atom. The number of sulfone groups is 1. The average molecular weight is 455 g/mol. The van der Waals surface area contributed by atoms with E-state index in [1.807, 2.05) is 4.90 Å². The second-order valence-corrected chi connectivity index (χ2v) is 9.26. The lowest BCUT2D eigenvalue weighted by atomic mass is 10.2. The van der Waals surface area contributed by atoms with Crippen molar-refractivity contribution in [2.24, 2.45) is 0 Å². The van der Waals surface area contributed by atoms with E-state index >= 15 is 0 Å². The number of benzene rings is 2. The number of rotatable bonds is 5. The zero-order chi connectivity index (χ0) is 21.9. The van der Waals surface area contributed by atoms with E-state index in [-0.39, 0.29) is 27.2 Å². The summed E-state index contributed by atoms with van der Waals surface area (Å²) < 4.78 is 41.4. The van der Waals surface area contributed by atoms with Crippen LogP contribution in [-0.4, -0.2) is 64.2 Å². The van der Waals surface area contributed by atoms with Crippen molar-refractivity contribution in [2.45, 2.75) is 4.90 Å². The number of amides is 1. The van der Waals surface area contributed by atoms with Crippen molar-refractivity contribution in [3.63, 3.8) is 0 Å². The third-order valence-electron chi connectivity index (χ3n) is 4.74.